The number of hydrogen-bond donors (Lipinski definition) is 1. The third-order valence-corrected chi connectivity index (χ3v) is 6.66. The third kappa shape index (κ3) is 3.51. The van der Waals surface area contributed by atoms with Crippen LogP contribution in [0.25, 0.3) is 0 Å². The van der Waals surface area contributed by atoms with E-state index < -0.39 is 16.0 Å². The molecule has 1 aliphatic rings. The quantitative estimate of drug-likeness (QED) is 0.807. The minimum absolute atomic E-state index is 0.0518. The molecule has 1 heterocycles. The lowest BCUT2D eigenvalue weighted by molar-refractivity contribution is 0.0600. The van der Waals surface area contributed by atoms with Gasteiger partial charge in [0.05, 0.1) is 17.6 Å². The molecule has 2 aromatic rings. The summed E-state index contributed by atoms with van der Waals surface area (Å²) in [7, 11) is -2.45. The van der Waals surface area contributed by atoms with E-state index in [1.54, 1.807) is 6.07 Å². The van der Waals surface area contributed by atoms with Crippen LogP contribution in [0.15, 0.2) is 59.5 Å². The van der Waals surface area contributed by atoms with E-state index in [-0.39, 0.29) is 22.3 Å². The highest BCUT2D eigenvalue weighted by Crippen LogP contribution is 2.35. The Kier molecular flexibility index (Phi) is 5.41. The normalized spacial score (nSPS) is 20.8. The van der Waals surface area contributed by atoms with Crippen LogP contribution in [0.1, 0.15) is 21.8 Å². The van der Waals surface area contributed by atoms with Crippen molar-refractivity contribution in [3.8, 4) is 0 Å². The highest BCUT2D eigenvalue weighted by molar-refractivity contribution is 7.89. The molecule has 26 heavy (non-hydrogen) atoms. The number of hydrogen-bond acceptors (Lipinski definition) is 5. The Morgan fingerprint density at radius 2 is 1.88 bits per heavy atom. The van der Waals surface area contributed by atoms with E-state index in [1.165, 1.54) is 29.6 Å². The molecule has 0 aromatic heterocycles. The van der Waals surface area contributed by atoms with Crippen LogP contribution in [0.4, 0.5) is 0 Å². The molecule has 1 aliphatic heterocycles. The van der Waals surface area contributed by atoms with E-state index in [9.17, 15) is 13.2 Å². The molecule has 138 valence electrons. The lowest BCUT2D eigenvalue weighted by atomic mass is 9.89. The lowest BCUT2D eigenvalue weighted by Gasteiger charge is -2.17. The van der Waals surface area contributed by atoms with Gasteiger partial charge in [0.25, 0.3) is 0 Å². The molecular weight excluding hydrogens is 352 g/mol. The van der Waals surface area contributed by atoms with Crippen LogP contribution in [0.5, 0.6) is 0 Å². The number of carbonyl (C=O) groups is 1. The summed E-state index contributed by atoms with van der Waals surface area (Å²) in [4.78, 5) is 11.8. The molecular formula is C19H22N2O4S. The summed E-state index contributed by atoms with van der Waals surface area (Å²) < 4.78 is 32.3. The zero-order valence-corrected chi connectivity index (χ0v) is 15.4. The van der Waals surface area contributed by atoms with Gasteiger partial charge < -0.3 is 10.5 Å². The highest BCUT2D eigenvalue weighted by atomic mass is 32.2. The molecule has 2 atom stereocenters. The second-order valence-electron chi connectivity index (χ2n) is 6.35. The Labute approximate surface area is 153 Å². The molecule has 6 nitrogen and oxygen atoms in total. The molecule has 7 heteroatoms. The van der Waals surface area contributed by atoms with Crippen molar-refractivity contribution in [2.75, 3.05) is 26.7 Å². The van der Waals surface area contributed by atoms with Gasteiger partial charge in [0.2, 0.25) is 10.0 Å². The number of ether oxygens (including phenoxy) is 1. The first-order chi connectivity index (χ1) is 12.5. The molecule has 0 amide bonds. The van der Waals surface area contributed by atoms with Crippen LogP contribution < -0.4 is 5.73 Å². The summed E-state index contributed by atoms with van der Waals surface area (Å²) in [5.74, 6) is -0.457. The van der Waals surface area contributed by atoms with Crippen LogP contribution in [0, 0.1) is 5.92 Å². The Morgan fingerprint density at radius 1 is 1.15 bits per heavy atom. The van der Waals surface area contributed by atoms with Gasteiger partial charge in [0.1, 0.15) is 0 Å². The average molecular weight is 374 g/mol. The van der Waals surface area contributed by atoms with E-state index in [0.717, 1.165) is 5.56 Å². The fraction of sp³-hybridized carbons (Fsp3) is 0.316. The maximum atomic E-state index is 13.1. The van der Waals surface area contributed by atoms with Crippen LogP contribution in [-0.2, 0) is 14.8 Å². The number of rotatable bonds is 5. The van der Waals surface area contributed by atoms with E-state index in [2.05, 4.69) is 4.74 Å². The topological polar surface area (TPSA) is 89.7 Å². The molecule has 0 aliphatic carbocycles. The van der Waals surface area contributed by atoms with Crippen LogP contribution in [0.2, 0.25) is 0 Å². The average Bonchev–Trinajstić information content (AvgIpc) is 3.13. The Morgan fingerprint density at radius 3 is 2.54 bits per heavy atom. The smallest absolute Gasteiger partial charge is 0.337 e. The van der Waals surface area contributed by atoms with Gasteiger partial charge >= 0.3 is 5.97 Å². The van der Waals surface area contributed by atoms with Crippen LogP contribution in [-0.4, -0.2) is 45.4 Å². The molecule has 1 saturated heterocycles. The molecule has 2 N–H and O–H groups in total. The first-order valence-electron chi connectivity index (χ1n) is 8.41. The van der Waals surface area contributed by atoms with E-state index in [4.69, 9.17) is 5.73 Å². The van der Waals surface area contributed by atoms with Crippen molar-refractivity contribution in [3.05, 3.63) is 65.7 Å². The summed E-state index contributed by atoms with van der Waals surface area (Å²) in [5, 5.41) is 0. The van der Waals surface area contributed by atoms with Crippen molar-refractivity contribution < 1.29 is 17.9 Å². The predicted molar refractivity (Wildman–Crippen MR) is 98.3 cm³/mol. The van der Waals surface area contributed by atoms with E-state index in [1.807, 2.05) is 30.3 Å². The van der Waals surface area contributed by atoms with Crippen LogP contribution in [0.3, 0.4) is 0 Å². The number of sulfonamides is 1. The number of nitrogens with two attached hydrogens (primary N) is 1. The highest BCUT2D eigenvalue weighted by Gasteiger charge is 2.39. The Balaban J connectivity index is 1.90. The monoisotopic (exact) mass is 374 g/mol. The van der Waals surface area contributed by atoms with Crippen molar-refractivity contribution in [1.82, 2.24) is 4.31 Å². The van der Waals surface area contributed by atoms with E-state index >= 15 is 0 Å². The van der Waals surface area contributed by atoms with Gasteiger partial charge in [-0.25, -0.2) is 13.2 Å². The number of carbonyl (C=O) groups excluding carboxylic acids is 1. The Bertz CT molecular complexity index is 883. The van der Waals surface area contributed by atoms with Gasteiger partial charge in [-0.05, 0) is 36.2 Å². The van der Waals surface area contributed by atoms with Crippen molar-refractivity contribution in [2.45, 2.75) is 10.8 Å². The first kappa shape index (κ1) is 18.6. The minimum atomic E-state index is -3.72. The maximum Gasteiger partial charge on any atom is 0.337 e. The van der Waals surface area contributed by atoms with Crippen molar-refractivity contribution in [2.24, 2.45) is 11.7 Å². The molecule has 0 radical (unpaired) electrons. The van der Waals surface area contributed by atoms with Crippen molar-refractivity contribution in [3.63, 3.8) is 0 Å². The maximum absolute atomic E-state index is 13.1. The lowest BCUT2D eigenvalue weighted by Crippen LogP contribution is -2.30. The fourth-order valence-electron chi connectivity index (χ4n) is 3.40. The largest absolute Gasteiger partial charge is 0.465 e. The number of nitrogens with zero attached hydrogens (tertiary/aromatic N) is 1. The van der Waals surface area contributed by atoms with Crippen molar-refractivity contribution >= 4 is 16.0 Å². The number of benzene rings is 2. The molecule has 1 fully saturated rings. The zero-order chi connectivity index (χ0) is 18.7. The van der Waals surface area contributed by atoms with Crippen LogP contribution >= 0.6 is 0 Å². The molecule has 3 rings (SSSR count). The second kappa shape index (κ2) is 7.57. The van der Waals surface area contributed by atoms with E-state index in [0.29, 0.717) is 19.6 Å². The summed E-state index contributed by atoms with van der Waals surface area (Å²) in [6.07, 6.45) is 0. The molecule has 0 unspecified atom stereocenters. The number of esters is 1. The summed E-state index contributed by atoms with van der Waals surface area (Å²) in [6.45, 7) is 1.14. The predicted octanol–water partition coefficient (Wildman–Crippen LogP) is 1.84. The molecule has 0 spiro atoms. The van der Waals surface area contributed by atoms with Gasteiger partial charge in [-0.1, -0.05) is 36.4 Å². The molecule has 0 saturated carbocycles. The standard InChI is InChI=1S/C19H22N2O4S/c1-25-19(22)15-8-5-9-17(10-15)26(23,24)21-12-16(11-20)18(13-21)14-6-3-2-4-7-14/h2-10,16,18H,11-13,20H2,1H3/t16-,18+/m1/s1. The first-order valence-corrected chi connectivity index (χ1v) is 9.85. The number of methoxy groups -OCH3 is 1. The van der Waals surface area contributed by atoms with Gasteiger partial charge in [-0.3, -0.25) is 0 Å². The summed E-state index contributed by atoms with van der Waals surface area (Å²) >= 11 is 0. The molecule has 2 aromatic carbocycles. The fourth-order valence-corrected chi connectivity index (χ4v) is 4.96. The van der Waals surface area contributed by atoms with Gasteiger partial charge in [-0.15, -0.1) is 0 Å². The third-order valence-electron chi connectivity index (χ3n) is 4.83. The molecule has 0 bridgehead atoms. The summed E-state index contributed by atoms with van der Waals surface area (Å²) in [6, 6.07) is 15.8. The van der Waals surface area contributed by atoms with Gasteiger partial charge in [-0.2, -0.15) is 4.31 Å². The summed E-state index contributed by atoms with van der Waals surface area (Å²) in [5.41, 5.74) is 7.20. The van der Waals surface area contributed by atoms with Gasteiger partial charge in [0, 0.05) is 19.0 Å². The minimum Gasteiger partial charge on any atom is -0.465 e. The Hall–Kier alpha value is -2.22. The second-order valence-corrected chi connectivity index (χ2v) is 8.29. The van der Waals surface area contributed by atoms with Crippen molar-refractivity contribution in [1.29, 1.82) is 0 Å². The SMILES string of the molecule is COC(=O)c1cccc(S(=O)(=O)N2C[C@@H](CN)[C@H](c3ccccc3)C2)c1. The van der Waals surface area contributed by atoms with Gasteiger partial charge in [0.15, 0.2) is 0 Å². The zero-order valence-electron chi connectivity index (χ0n) is 14.5.